The summed E-state index contributed by atoms with van der Waals surface area (Å²) in [7, 11) is 1.60. The number of hydrogen-bond acceptors (Lipinski definition) is 4. The van der Waals surface area contributed by atoms with E-state index in [0.717, 1.165) is 12.8 Å². The van der Waals surface area contributed by atoms with Gasteiger partial charge in [0.1, 0.15) is 11.6 Å². The van der Waals surface area contributed by atoms with Gasteiger partial charge >= 0.3 is 0 Å². The fraction of sp³-hybridized carbons (Fsp3) is 0.400. The number of carbonyl (C=O) groups excluding carboxylic acids is 1. The highest BCUT2D eigenvalue weighted by atomic mass is 16.5. The van der Waals surface area contributed by atoms with E-state index in [1.54, 1.807) is 42.0 Å². The fourth-order valence-corrected chi connectivity index (χ4v) is 3.91. The summed E-state index contributed by atoms with van der Waals surface area (Å²) in [5, 5.41) is 0.601. The molecule has 31 heavy (non-hydrogen) atoms. The number of amides is 1. The summed E-state index contributed by atoms with van der Waals surface area (Å²) in [6.07, 6.45) is 2.51. The van der Waals surface area contributed by atoms with Gasteiger partial charge in [0, 0.05) is 18.7 Å². The maximum Gasteiger partial charge on any atom is 0.261 e. The Labute approximate surface area is 183 Å². The van der Waals surface area contributed by atoms with Crippen molar-refractivity contribution in [3.05, 3.63) is 70.3 Å². The second-order valence-electron chi connectivity index (χ2n) is 7.54. The molecule has 0 bridgehead atoms. The van der Waals surface area contributed by atoms with Gasteiger partial charge in [0.05, 0.1) is 24.1 Å². The molecule has 2 aromatic carbocycles. The minimum atomic E-state index is -0.293. The summed E-state index contributed by atoms with van der Waals surface area (Å²) in [6, 6.07) is 14.3. The van der Waals surface area contributed by atoms with E-state index >= 15 is 0 Å². The van der Waals surface area contributed by atoms with Gasteiger partial charge in [0.2, 0.25) is 0 Å². The third-order valence-electron chi connectivity index (χ3n) is 5.62. The van der Waals surface area contributed by atoms with Crippen LogP contribution in [0.3, 0.4) is 0 Å². The molecule has 164 valence electrons. The molecular formula is C25H31N3O3. The maximum absolute atomic E-state index is 13.5. The van der Waals surface area contributed by atoms with Gasteiger partial charge < -0.3 is 9.64 Å². The van der Waals surface area contributed by atoms with Crippen LogP contribution in [0.15, 0.2) is 53.3 Å². The molecule has 1 amide bonds. The molecule has 0 radical (unpaired) electrons. The normalized spacial score (nSPS) is 12.0. The Morgan fingerprint density at radius 2 is 1.81 bits per heavy atom. The predicted octanol–water partition coefficient (Wildman–Crippen LogP) is 4.82. The molecule has 1 atom stereocenters. The SMILES string of the molecule is CCCCN(C(=O)c1ccc(OC)cc1)C(CC)c1nc2ccccc2c(=O)n1CC. The molecule has 0 aliphatic heterocycles. The number of benzene rings is 2. The molecule has 0 fully saturated rings. The average molecular weight is 422 g/mol. The van der Waals surface area contributed by atoms with Crippen LogP contribution in [0.1, 0.15) is 62.3 Å². The van der Waals surface area contributed by atoms with Crippen LogP contribution in [0.4, 0.5) is 0 Å². The van der Waals surface area contributed by atoms with Crippen molar-refractivity contribution in [1.82, 2.24) is 14.5 Å². The molecule has 0 aliphatic carbocycles. The Morgan fingerprint density at radius 3 is 2.42 bits per heavy atom. The molecule has 1 unspecified atom stereocenters. The minimum Gasteiger partial charge on any atom is -0.497 e. The third-order valence-corrected chi connectivity index (χ3v) is 5.62. The van der Waals surface area contributed by atoms with Crippen molar-refractivity contribution in [1.29, 1.82) is 0 Å². The van der Waals surface area contributed by atoms with Crippen LogP contribution in [0, 0.1) is 0 Å². The lowest BCUT2D eigenvalue weighted by Crippen LogP contribution is -2.39. The lowest BCUT2D eigenvalue weighted by atomic mass is 10.1. The number of unbranched alkanes of at least 4 members (excludes halogenated alkanes) is 1. The molecule has 3 rings (SSSR count). The van der Waals surface area contributed by atoms with Crippen molar-refractivity contribution >= 4 is 16.8 Å². The van der Waals surface area contributed by atoms with Gasteiger partial charge in [0.15, 0.2) is 0 Å². The Hall–Kier alpha value is -3.15. The lowest BCUT2D eigenvalue weighted by Gasteiger charge is -2.32. The van der Waals surface area contributed by atoms with E-state index in [1.807, 2.05) is 36.9 Å². The number of ether oxygens (including phenoxy) is 1. The van der Waals surface area contributed by atoms with Crippen LogP contribution >= 0.6 is 0 Å². The highest BCUT2D eigenvalue weighted by Gasteiger charge is 2.28. The smallest absolute Gasteiger partial charge is 0.261 e. The van der Waals surface area contributed by atoms with Crippen molar-refractivity contribution in [2.45, 2.75) is 52.6 Å². The number of aromatic nitrogens is 2. The van der Waals surface area contributed by atoms with Gasteiger partial charge in [-0.05, 0) is 56.2 Å². The van der Waals surface area contributed by atoms with Gasteiger partial charge in [-0.2, -0.15) is 0 Å². The molecule has 6 heteroatoms. The van der Waals surface area contributed by atoms with E-state index < -0.39 is 0 Å². The van der Waals surface area contributed by atoms with E-state index in [2.05, 4.69) is 6.92 Å². The number of nitrogens with zero attached hydrogens (tertiary/aromatic N) is 3. The second-order valence-corrected chi connectivity index (χ2v) is 7.54. The Morgan fingerprint density at radius 1 is 1.10 bits per heavy atom. The number of methoxy groups -OCH3 is 1. The van der Waals surface area contributed by atoms with Crippen LogP contribution in [0.25, 0.3) is 10.9 Å². The third kappa shape index (κ3) is 4.63. The molecule has 0 saturated heterocycles. The first-order chi connectivity index (χ1) is 15.0. The molecule has 3 aromatic rings. The zero-order valence-corrected chi connectivity index (χ0v) is 18.8. The number of rotatable bonds is 9. The summed E-state index contributed by atoms with van der Waals surface area (Å²) in [4.78, 5) is 33.4. The average Bonchev–Trinajstić information content (AvgIpc) is 2.81. The first-order valence-corrected chi connectivity index (χ1v) is 11.0. The number of carbonyl (C=O) groups is 1. The van der Waals surface area contributed by atoms with E-state index in [4.69, 9.17) is 9.72 Å². The van der Waals surface area contributed by atoms with Gasteiger partial charge in [-0.1, -0.05) is 32.4 Å². The molecule has 1 heterocycles. The molecule has 0 spiro atoms. The van der Waals surface area contributed by atoms with Crippen molar-refractivity contribution in [3.8, 4) is 5.75 Å². The molecule has 0 N–H and O–H groups in total. The Kier molecular flexibility index (Phi) is 7.45. The highest BCUT2D eigenvalue weighted by molar-refractivity contribution is 5.94. The Balaban J connectivity index is 2.10. The van der Waals surface area contributed by atoms with Gasteiger partial charge in [-0.25, -0.2) is 4.98 Å². The summed E-state index contributed by atoms with van der Waals surface area (Å²) < 4.78 is 6.93. The first kappa shape index (κ1) is 22.5. The van der Waals surface area contributed by atoms with E-state index in [-0.39, 0.29) is 17.5 Å². The lowest BCUT2D eigenvalue weighted by molar-refractivity contribution is 0.0653. The molecule has 1 aromatic heterocycles. The number of para-hydroxylation sites is 1. The number of hydrogen-bond donors (Lipinski definition) is 0. The Bertz CT molecular complexity index is 1090. The van der Waals surface area contributed by atoms with E-state index in [1.165, 1.54) is 0 Å². The van der Waals surface area contributed by atoms with Crippen molar-refractivity contribution in [2.24, 2.45) is 0 Å². The largest absolute Gasteiger partial charge is 0.497 e. The number of fused-ring (bicyclic) bond motifs is 1. The summed E-state index contributed by atoms with van der Waals surface area (Å²) in [5.74, 6) is 1.29. The van der Waals surface area contributed by atoms with Crippen LogP contribution < -0.4 is 10.3 Å². The fourth-order valence-electron chi connectivity index (χ4n) is 3.91. The monoisotopic (exact) mass is 421 g/mol. The topological polar surface area (TPSA) is 64.4 Å². The zero-order chi connectivity index (χ0) is 22.4. The quantitative estimate of drug-likeness (QED) is 0.497. The molecule has 6 nitrogen and oxygen atoms in total. The van der Waals surface area contributed by atoms with Crippen molar-refractivity contribution in [2.75, 3.05) is 13.7 Å². The van der Waals surface area contributed by atoms with Crippen LogP contribution in [-0.2, 0) is 6.54 Å². The van der Waals surface area contributed by atoms with Crippen LogP contribution in [0.5, 0.6) is 5.75 Å². The van der Waals surface area contributed by atoms with Gasteiger partial charge in [0.25, 0.3) is 11.5 Å². The van der Waals surface area contributed by atoms with E-state index in [0.29, 0.717) is 47.6 Å². The van der Waals surface area contributed by atoms with Crippen LogP contribution in [-0.4, -0.2) is 34.0 Å². The summed E-state index contributed by atoms with van der Waals surface area (Å²) >= 11 is 0. The second kappa shape index (κ2) is 10.2. The molecular weight excluding hydrogens is 390 g/mol. The minimum absolute atomic E-state index is 0.0612. The van der Waals surface area contributed by atoms with Gasteiger partial charge in [-0.3, -0.25) is 14.2 Å². The first-order valence-electron chi connectivity index (χ1n) is 11.0. The maximum atomic E-state index is 13.5. The summed E-state index contributed by atoms with van der Waals surface area (Å²) in [5.41, 5.74) is 1.20. The standard InChI is InChI=1S/C25H31N3O3/c1-5-8-17-28(24(29)18-13-15-19(31-4)16-14-18)22(6-2)23-26-21-12-10-9-11-20(21)25(30)27(23)7-3/h9-16,22H,5-8,17H2,1-4H3. The van der Waals surface area contributed by atoms with Crippen molar-refractivity contribution in [3.63, 3.8) is 0 Å². The summed E-state index contributed by atoms with van der Waals surface area (Å²) in [6.45, 7) is 7.18. The molecule has 0 aliphatic rings. The zero-order valence-electron chi connectivity index (χ0n) is 18.8. The highest BCUT2D eigenvalue weighted by Crippen LogP contribution is 2.27. The van der Waals surface area contributed by atoms with E-state index in [9.17, 15) is 9.59 Å². The van der Waals surface area contributed by atoms with Crippen molar-refractivity contribution < 1.29 is 9.53 Å². The van der Waals surface area contributed by atoms with Gasteiger partial charge in [-0.15, -0.1) is 0 Å². The van der Waals surface area contributed by atoms with Crippen LogP contribution in [0.2, 0.25) is 0 Å². The molecule has 0 saturated carbocycles. The predicted molar refractivity (Wildman–Crippen MR) is 124 cm³/mol.